The second kappa shape index (κ2) is 7.27. The normalized spacial score (nSPS) is 24.8. The van der Waals surface area contributed by atoms with Crippen LogP contribution < -0.4 is 10.6 Å². The van der Waals surface area contributed by atoms with Crippen molar-refractivity contribution in [1.82, 2.24) is 10.6 Å². The number of nitrogens with one attached hydrogen (secondary N) is 2. The Bertz CT molecular complexity index is 313. The van der Waals surface area contributed by atoms with Crippen molar-refractivity contribution in [2.45, 2.75) is 71.8 Å². The number of hydrogen-bond donors (Lipinski definition) is 2. The van der Waals surface area contributed by atoms with Crippen LogP contribution in [0.5, 0.6) is 0 Å². The molecule has 0 aliphatic carbocycles. The highest BCUT2D eigenvalue weighted by atomic mass is 16.6. The van der Waals surface area contributed by atoms with Gasteiger partial charge in [-0.1, -0.05) is 13.8 Å². The molecule has 0 aromatic carbocycles. The third-order valence-corrected chi connectivity index (χ3v) is 3.48. The summed E-state index contributed by atoms with van der Waals surface area (Å²) in [5.74, 6) is 0.340. The van der Waals surface area contributed by atoms with Gasteiger partial charge in [-0.25, -0.2) is 4.79 Å². The van der Waals surface area contributed by atoms with E-state index in [1.54, 1.807) is 0 Å². The van der Waals surface area contributed by atoms with Crippen LogP contribution in [0, 0.1) is 5.92 Å². The highest BCUT2D eigenvalue weighted by Crippen LogP contribution is 2.13. The molecule has 1 saturated heterocycles. The maximum Gasteiger partial charge on any atom is 0.407 e. The van der Waals surface area contributed by atoms with Gasteiger partial charge in [0, 0.05) is 25.2 Å². The predicted molar refractivity (Wildman–Crippen MR) is 79.8 cm³/mol. The fourth-order valence-electron chi connectivity index (χ4n) is 2.19. The van der Waals surface area contributed by atoms with Crippen molar-refractivity contribution >= 4 is 6.09 Å². The van der Waals surface area contributed by atoms with E-state index >= 15 is 0 Å². The Morgan fingerprint density at radius 2 is 2.05 bits per heavy atom. The van der Waals surface area contributed by atoms with Gasteiger partial charge in [0.25, 0.3) is 0 Å². The van der Waals surface area contributed by atoms with E-state index in [-0.39, 0.29) is 18.2 Å². The van der Waals surface area contributed by atoms with Gasteiger partial charge in [0.05, 0.1) is 6.10 Å². The van der Waals surface area contributed by atoms with Gasteiger partial charge in [-0.05, 0) is 40.0 Å². The van der Waals surface area contributed by atoms with E-state index in [4.69, 9.17) is 9.47 Å². The Morgan fingerprint density at radius 3 is 2.50 bits per heavy atom. The van der Waals surface area contributed by atoms with Crippen molar-refractivity contribution in [1.29, 1.82) is 0 Å². The van der Waals surface area contributed by atoms with E-state index in [2.05, 4.69) is 31.4 Å². The number of ether oxygens (including phenoxy) is 2. The molecule has 0 radical (unpaired) electrons. The summed E-state index contributed by atoms with van der Waals surface area (Å²) < 4.78 is 10.8. The van der Waals surface area contributed by atoms with Crippen molar-refractivity contribution in [3.8, 4) is 0 Å². The minimum atomic E-state index is -0.465. The zero-order chi connectivity index (χ0) is 15.3. The monoisotopic (exact) mass is 286 g/mol. The average molecular weight is 286 g/mol. The van der Waals surface area contributed by atoms with Crippen molar-refractivity contribution in [3.05, 3.63) is 0 Å². The van der Waals surface area contributed by atoms with Crippen LogP contribution in [0.15, 0.2) is 0 Å². The first-order valence-electron chi connectivity index (χ1n) is 7.53. The van der Waals surface area contributed by atoms with E-state index in [1.165, 1.54) is 0 Å². The molecule has 3 unspecified atom stereocenters. The lowest BCUT2D eigenvalue weighted by Crippen LogP contribution is -2.49. The molecule has 0 aromatic heterocycles. The summed E-state index contributed by atoms with van der Waals surface area (Å²) in [4.78, 5) is 11.8. The average Bonchev–Trinajstić information content (AvgIpc) is 2.67. The van der Waals surface area contributed by atoms with Crippen LogP contribution in [0.1, 0.15) is 48.0 Å². The molecule has 5 nitrogen and oxygen atoms in total. The van der Waals surface area contributed by atoms with Crippen molar-refractivity contribution in [2.24, 2.45) is 5.92 Å². The van der Waals surface area contributed by atoms with Crippen molar-refractivity contribution < 1.29 is 14.3 Å². The second-order valence-corrected chi connectivity index (χ2v) is 6.88. The van der Waals surface area contributed by atoms with Crippen LogP contribution in [-0.4, -0.2) is 43.0 Å². The van der Waals surface area contributed by atoms with Crippen molar-refractivity contribution in [2.75, 3.05) is 13.2 Å². The Labute approximate surface area is 122 Å². The molecule has 0 aromatic rings. The van der Waals surface area contributed by atoms with Crippen LogP contribution in [0.25, 0.3) is 0 Å². The lowest BCUT2D eigenvalue weighted by Gasteiger charge is -2.27. The number of carbonyl (C=O) groups is 1. The number of rotatable bonds is 5. The number of carbonyl (C=O) groups excluding carboxylic acids is 1. The molecule has 0 spiro atoms. The predicted octanol–water partition coefficient (Wildman–Crippen LogP) is 2.30. The topological polar surface area (TPSA) is 59.6 Å². The van der Waals surface area contributed by atoms with Crippen LogP contribution in [0.3, 0.4) is 0 Å². The summed E-state index contributed by atoms with van der Waals surface area (Å²) in [7, 11) is 0. The van der Waals surface area contributed by atoms with Crippen LogP contribution in [0.4, 0.5) is 4.79 Å². The maximum atomic E-state index is 11.8. The summed E-state index contributed by atoms with van der Waals surface area (Å²) in [6.07, 6.45) is 0.913. The summed E-state index contributed by atoms with van der Waals surface area (Å²) in [5, 5.41) is 6.43. The quantitative estimate of drug-likeness (QED) is 0.814. The number of alkyl carbamates (subject to hydrolysis) is 1. The van der Waals surface area contributed by atoms with Gasteiger partial charge < -0.3 is 20.1 Å². The smallest absolute Gasteiger partial charge is 0.407 e. The fourth-order valence-corrected chi connectivity index (χ4v) is 2.19. The minimum absolute atomic E-state index is 0.0534. The van der Waals surface area contributed by atoms with E-state index in [0.717, 1.165) is 19.6 Å². The molecule has 1 aliphatic heterocycles. The maximum absolute atomic E-state index is 11.8. The minimum Gasteiger partial charge on any atom is -0.444 e. The third kappa shape index (κ3) is 6.09. The van der Waals surface area contributed by atoms with E-state index < -0.39 is 5.60 Å². The van der Waals surface area contributed by atoms with Gasteiger partial charge in [0.2, 0.25) is 0 Å². The Balaban J connectivity index is 2.42. The van der Waals surface area contributed by atoms with Crippen LogP contribution in [-0.2, 0) is 9.47 Å². The molecule has 20 heavy (non-hydrogen) atoms. The highest BCUT2D eigenvalue weighted by Gasteiger charge is 2.26. The van der Waals surface area contributed by atoms with E-state index in [0.29, 0.717) is 12.0 Å². The first kappa shape index (κ1) is 17.2. The summed E-state index contributed by atoms with van der Waals surface area (Å²) in [6.45, 7) is 13.4. The molecule has 1 aliphatic rings. The largest absolute Gasteiger partial charge is 0.444 e. The molecule has 5 heteroatoms. The lowest BCUT2D eigenvalue weighted by molar-refractivity contribution is 0.0487. The molecule has 2 N–H and O–H groups in total. The number of hydrogen-bond acceptors (Lipinski definition) is 4. The molecule has 1 heterocycles. The van der Waals surface area contributed by atoms with Gasteiger partial charge in [-0.2, -0.15) is 0 Å². The standard InChI is InChI=1S/C15H30N2O3/c1-10(2)13(17-14(18)20-15(4,5)6)9-16-12-7-8-19-11(12)3/h10-13,16H,7-9H2,1-6H3,(H,17,18). The summed E-state index contributed by atoms with van der Waals surface area (Å²) in [5.41, 5.74) is -0.465. The fraction of sp³-hybridized carbons (Fsp3) is 0.933. The summed E-state index contributed by atoms with van der Waals surface area (Å²) in [6, 6.07) is 0.425. The van der Waals surface area contributed by atoms with E-state index in [1.807, 2.05) is 20.8 Å². The SMILES string of the molecule is CC(C)C(CNC1CCOC1C)NC(=O)OC(C)(C)C. The first-order chi connectivity index (χ1) is 9.19. The third-order valence-electron chi connectivity index (χ3n) is 3.48. The van der Waals surface area contributed by atoms with Gasteiger partial charge in [-0.3, -0.25) is 0 Å². The Kier molecular flexibility index (Phi) is 6.27. The molecule has 118 valence electrons. The molecular weight excluding hydrogens is 256 g/mol. The van der Waals surface area contributed by atoms with Gasteiger partial charge in [0.1, 0.15) is 5.60 Å². The van der Waals surface area contributed by atoms with Gasteiger partial charge >= 0.3 is 6.09 Å². The molecule has 0 saturated carbocycles. The molecule has 1 rings (SSSR count). The van der Waals surface area contributed by atoms with Gasteiger partial charge in [-0.15, -0.1) is 0 Å². The lowest BCUT2D eigenvalue weighted by atomic mass is 10.0. The zero-order valence-electron chi connectivity index (χ0n) is 13.7. The van der Waals surface area contributed by atoms with Crippen LogP contribution >= 0.6 is 0 Å². The Hall–Kier alpha value is -0.810. The molecule has 0 bridgehead atoms. The van der Waals surface area contributed by atoms with E-state index in [9.17, 15) is 4.79 Å². The second-order valence-electron chi connectivity index (χ2n) is 6.88. The molecule has 1 fully saturated rings. The Morgan fingerprint density at radius 1 is 1.40 bits per heavy atom. The zero-order valence-corrected chi connectivity index (χ0v) is 13.7. The summed E-state index contributed by atoms with van der Waals surface area (Å²) >= 11 is 0. The molecule has 1 amide bonds. The molecule has 3 atom stereocenters. The van der Waals surface area contributed by atoms with Crippen molar-refractivity contribution in [3.63, 3.8) is 0 Å². The highest BCUT2D eigenvalue weighted by molar-refractivity contribution is 5.68. The van der Waals surface area contributed by atoms with Crippen LogP contribution in [0.2, 0.25) is 0 Å². The number of amides is 1. The first-order valence-corrected chi connectivity index (χ1v) is 7.53. The van der Waals surface area contributed by atoms with Gasteiger partial charge in [0.15, 0.2) is 0 Å². The molecular formula is C15H30N2O3.